The van der Waals surface area contributed by atoms with E-state index in [2.05, 4.69) is 4.98 Å². The number of alkyl halides is 3. The number of nitrogens with two attached hydrogens (primary N) is 1. The molecule has 19 heavy (non-hydrogen) atoms. The molecular weight excluding hydrogens is 293 g/mol. The molecule has 2 rings (SSSR count). The van der Waals surface area contributed by atoms with Crippen LogP contribution in [0.3, 0.4) is 0 Å². The third-order valence-corrected chi connectivity index (χ3v) is 4.55. The molecule has 0 fully saturated rings. The Hall–Kier alpha value is -1.05. The summed E-state index contributed by atoms with van der Waals surface area (Å²) in [5, 5.41) is 1.87. The van der Waals surface area contributed by atoms with E-state index in [1.807, 2.05) is 5.38 Å². The molecule has 0 spiro atoms. The molecule has 2 nitrogen and oxygen atoms in total. The van der Waals surface area contributed by atoms with Gasteiger partial charge in [0.1, 0.15) is 4.34 Å². The molecule has 102 valence electrons. The summed E-state index contributed by atoms with van der Waals surface area (Å²) in [5.74, 6) is 0.582. The van der Waals surface area contributed by atoms with Crippen molar-refractivity contribution in [3.8, 4) is 0 Å². The summed E-state index contributed by atoms with van der Waals surface area (Å²) in [6.07, 6.45) is -2.60. The molecule has 0 bridgehead atoms. The maximum Gasteiger partial charge on any atom is 0.416 e. The molecule has 0 saturated carbocycles. The first-order valence-electron chi connectivity index (χ1n) is 5.42. The van der Waals surface area contributed by atoms with Crippen LogP contribution in [0.25, 0.3) is 0 Å². The fraction of sp³-hybridized carbons (Fsp3) is 0.250. The first kappa shape index (κ1) is 14.4. The van der Waals surface area contributed by atoms with Crippen molar-refractivity contribution < 1.29 is 13.2 Å². The van der Waals surface area contributed by atoms with Crippen molar-refractivity contribution in [2.75, 3.05) is 5.75 Å². The number of thiazole rings is 1. The van der Waals surface area contributed by atoms with Crippen LogP contribution in [0.15, 0.2) is 40.2 Å². The van der Waals surface area contributed by atoms with E-state index in [1.54, 1.807) is 6.20 Å². The van der Waals surface area contributed by atoms with Gasteiger partial charge in [-0.1, -0.05) is 23.9 Å². The summed E-state index contributed by atoms with van der Waals surface area (Å²) in [5.41, 5.74) is 5.98. The molecule has 1 atom stereocenters. The fourth-order valence-electron chi connectivity index (χ4n) is 1.46. The van der Waals surface area contributed by atoms with E-state index in [1.165, 1.54) is 35.2 Å². The summed E-state index contributed by atoms with van der Waals surface area (Å²) in [6, 6.07) is 4.66. The molecule has 0 saturated heterocycles. The monoisotopic (exact) mass is 304 g/mol. The highest BCUT2D eigenvalue weighted by Gasteiger charge is 2.30. The van der Waals surface area contributed by atoms with Crippen molar-refractivity contribution in [2.24, 2.45) is 5.73 Å². The minimum Gasteiger partial charge on any atom is -0.323 e. The summed E-state index contributed by atoms with van der Waals surface area (Å²) in [4.78, 5) is 4.11. The molecule has 0 amide bonds. The van der Waals surface area contributed by atoms with Crippen LogP contribution in [0.4, 0.5) is 13.2 Å². The summed E-state index contributed by atoms with van der Waals surface area (Å²) < 4.78 is 38.1. The number of nitrogens with zero attached hydrogens (tertiary/aromatic N) is 1. The average molecular weight is 304 g/mol. The Morgan fingerprint density at radius 2 is 1.95 bits per heavy atom. The highest BCUT2D eigenvalue weighted by Crippen LogP contribution is 2.30. The SMILES string of the molecule is NC(CSc1nccs1)c1ccc(C(F)(F)F)cc1. The Labute approximate surface area is 116 Å². The average Bonchev–Trinajstić information content (AvgIpc) is 2.88. The van der Waals surface area contributed by atoms with Gasteiger partial charge in [0, 0.05) is 23.4 Å². The normalized spacial score (nSPS) is 13.5. The largest absolute Gasteiger partial charge is 0.416 e. The Balaban J connectivity index is 1.97. The molecule has 0 aliphatic rings. The van der Waals surface area contributed by atoms with Crippen molar-refractivity contribution in [3.05, 3.63) is 47.0 Å². The molecule has 0 aliphatic heterocycles. The van der Waals surface area contributed by atoms with Crippen molar-refractivity contribution in [1.29, 1.82) is 0 Å². The highest BCUT2D eigenvalue weighted by molar-refractivity contribution is 8.01. The van der Waals surface area contributed by atoms with E-state index in [-0.39, 0.29) is 6.04 Å². The molecule has 2 aromatic rings. The minimum atomic E-state index is -4.31. The highest BCUT2D eigenvalue weighted by atomic mass is 32.2. The lowest BCUT2D eigenvalue weighted by molar-refractivity contribution is -0.137. The Kier molecular flexibility index (Phi) is 4.49. The van der Waals surface area contributed by atoms with Gasteiger partial charge < -0.3 is 5.73 Å². The van der Waals surface area contributed by atoms with Crippen LogP contribution < -0.4 is 5.73 Å². The molecule has 0 aliphatic carbocycles. The fourth-order valence-corrected chi connectivity index (χ4v) is 3.11. The van der Waals surface area contributed by atoms with Crippen LogP contribution in [0, 0.1) is 0 Å². The molecule has 0 radical (unpaired) electrons. The van der Waals surface area contributed by atoms with Crippen LogP contribution in [0.5, 0.6) is 0 Å². The summed E-state index contributed by atoms with van der Waals surface area (Å²) in [6.45, 7) is 0. The minimum absolute atomic E-state index is 0.309. The van der Waals surface area contributed by atoms with Crippen molar-refractivity contribution in [3.63, 3.8) is 0 Å². The summed E-state index contributed by atoms with van der Waals surface area (Å²) in [7, 11) is 0. The number of hydrogen-bond acceptors (Lipinski definition) is 4. The van der Waals surface area contributed by atoms with Gasteiger partial charge in [-0.15, -0.1) is 11.3 Å². The van der Waals surface area contributed by atoms with Gasteiger partial charge in [-0.2, -0.15) is 13.2 Å². The van der Waals surface area contributed by atoms with Gasteiger partial charge in [0.2, 0.25) is 0 Å². The van der Waals surface area contributed by atoms with Crippen molar-refractivity contribution in [2.45, 2.75) is 16.6 Å². The van der Waals surface area contributed by atoms with Gasteiger partial charge >= 0.3 is 6.18 Å². The predicted molar refractivity (Wildman–Crippen MR) is 71.2 cm³/mol. The van der Waals surface area contributed by atoms with E-state index >= 15 is 0 Å². The second-order valence-corrected chi connectivity index (χ2v) is 6.00. The quantitative estimate of drug-likeness (QED) is 0.869. The Bertz CT molecular complexity index is 509. The molecule has 1 unspecified atom stereocenters. The van der Waals surface area contributed by atoms with Crippen molar-refractivity contribution in [1.82, 2.24) is 4.98 Å². The van der Waals surface area contributed by atoms with Gasteiger partial charge in [0.05, 0.1) is 5.56 Å². The second kappa shape index (κ2) is 5.94. The maximum atomic E-state index is 12.4. The van der Waals surface area contributed by atoms with Crippen LogP contribution in [0.2, 0.25) is 0 Å². The van der Waals surface area contributed by atoms with E-state index in [0.29, 0.717) is 11.3 Å². The standard InChI is InChI=1S/C12H11F3N2S2/c13-12(14,15)9-3-1-8(2-4-9)10(16)7-19-11-17-5-6-18-11/h1-6,10H,7,16H2. The Morgan fingerprint density at radius 3 is 2.47 bits per heavy atom. The van der Waals surface area contributed by atoms with Gasteiger partial charge in [-0.25, -0.2) is 4.98 Å². The topological polar surface area (TPSA) is 38.9 Å². The number of benzene rings is 1. The number of aromatic nitrogens is 1. The van der Waals surface area contributed by atoms with Crippen LogP contribution in [-0.2, 0) is 6.18 Å². The van der Waals surface area contributed by atoms with Crippen molar-refractivity contribution >= 4 is 23.1 Å². The first-order chi connectivity index (χ1) is 8.97. The van der Waals surface area contributed by atoms with E-state index < -0.39 is 11.7 Å². The Morgan fingerprint density at radius 1 is 1.26 bits per heavy atom. The third-order valence-electron chi connectivity index (χ3n) is 2.46. The van der Waals surface area contributed by atoms with Crippen LogP contribution in [-0.4, -0.2) is 10.7 Å². The number of thioether (sulfide) groups is 1. The van der Waals surface area contributed by atoms with E-state index in [9.17, 15) is 13.2 Å². The number of hydrogen-bond donors (Lipinski definition) is 1. The van der Waals surface area contributed by atoms with Gasteiger partial charge in [0.15, 0.2) is 0 Å². The lowest BCUT2D eigenvalue weighted by Gasteiger charge is -2.12. The van der Waals surface area contributed by atoms with E-state index in [0.717, 1.165) is 16.5 Å². The third kappa shape index (κ3) is 3.95. The predicted octanol–water partition coefficient (Wildman–Crippen LogP) is 3.95. The smallest absolute Gasteiger partial charge is 0.323 e. The second-order valence-electron chi connectivity index (χ2n) is 3.84. The molecule has 1 heterocycles. The lowest BCUT2D eigenvalue weighted by Crippen LogP contribution is -2.13. The van der Waals surface area contributed by atoms with Gasteiger partial charge in [-0.05, 0) is 17.7 Å². The first-order valence-corrected chi connectivity index (χ1v) is 7.28. The zero-order chi connectivity index (χ0) is 13.9. The van der Waals surface area contributed by atoms with Gasteiger partial charge in [0.25, 0.3) is 0 Å². The molecular formula is C12H11F3N2S2. The number of halogens is 3. The van der Waals surface area contributed by atoms with Crippen LogP contribution >= 0.6 is 23.1 Å². The van der Waals surface area contributed by atoms with E-state index in [4.69, 9.17) is 5.73 Å². The van der Waals surface area contributed by atoms with Gasteiger partial charge in [-0.3, -0.25) is 0 Å². The van der Waals surface area contributed by atoms with Crippen LogP contribution in [0.1, 0.15) is 17.2 Å². The number of rotatable bonds is 4. The molecule has 1 aromatic heterocycles. The molecule has 7 heteroatoms. The summed E-state index contributed by atoms with van der Waals surface area (Å²) >= 11 is 3.01. The zero-order valence-electron chi connectivity index (χ0n) is 9.72. The maximum absolute atomic E-state index is 12.4. The lowest BCUT2D eigenvalue weighted by atomic mass is 10.1. The molecule has 1 aromatic carbocycles. The molecule has 2 N–H and O–H groups in total. The zero-order valence-corrected chi connectivity index (χ0v) is 11.4.